The molecule has 3 rings (SSSR count). The minimum atomic E-state index is -0.0519. The zero-order chi connectivity index (χ0) is 12.5. The Hall–Kier alpha value is -2.09. The molecule has 0 saturated heterocycles. The summed E-state index contributed by atoms with van der Waals surface area (Å²) < 4.78 is 0. The Labute approximate surface area is 107 Å². The normalized spacial score (nSPS) is 17.4. The van der Waals surface area contributed by atoms with Crippen molar-refractivity contribution in [3.8, 4) is 0 Å². The molecule has 0 aliphatic carbocycles. The van der Waals surface area contributed by atoms with Gasteiger partial charge in [-0.1, -0.05) is 48.0 Å². The Kier molecular flexibility index (Phi) is 2.63. The van der Waals surface area contributed by atoms with Crippen LogP contribution in [0.1, 0.15) is 22.6 Å². The van der Waals surface area contributed by atoms with E-state index in [1.807, 2.05) is 24.3 Å². The molecule has 1 N–H and O–H groups in total. The van der Waals surface area contributed by atoms with Crippen LogP contribution in [0.3, 0.4) is 0 Å². The van der Waals surface area contributed by atoms with Crippen molar-refractivity contribution >= 4 is 11.6 Å². The molecule has 0 radical (unpaired) electrons. The summed E-state index contributed by atoms with van der Waals surface area (Å²) in [5.41, 5.74) is 4.52. The third kappa shape index (κ3) is 1.90. The van der Waals surface area contributed by atoms with E-state index in [0.29, 0.717) is 0 Å². The Bertz CT molecular complexity index is 586. The summed E-state index contributed by atoms with van der Waals surface area (Å²) in [5, 5.41) is 2.94. The second kappa shape index (κ2) is 4.30. The van der Waals surface area contributed by atoms with Crippen molar-refractivity contribution in [1.82, 2.24) is 0 Å². The molecule has 2 aromatic carbocycles. The van der Waals surface area contributed by atoms with Gasteiger partial charge >= 0.3 is 0 Å². The van der Waals surface area contributed by atoms with E-state index in [1.54, 1.807) is 0 Å². The first-order chi connectivity index (χ1) is 8.74. The lowest BCUT2D eigenvalue weighted by Crippen LogP contribution is -2.14. The number of fused-ring (bicyclic) bond motifs is 1. The first-order valence-electron chi connectivity index (χ1n) is 6.19. The molecule has 2 heteroatoms. The molecule has 2 nitrogen and oxygen atoms in total. The zero-order valence-electron chi connectivity index (χ0n) is 10.3. The lowest BCUT2D eigenvalue weighted by molar-refractivity contribution is -0.117. The monoisotopic (exact) mass is 237 g/mol. The molecule has 0 fully saturated rings. The van der Waals surface area contributed by atoms with Gasteiger partial charge in [-0.05, 0) is 30.5 Å². The van der Waals surface area contributed by atoms with E-state index in [-0.39, 0.29) is 11.8 Å². The van der Waals surface area contributed by atoms with Crippen LogP contribution in [0.15, 0.2) is 48.5 Å². The van der Waals surface area contributed by atoms with E-state index in [2.05, 4.69) is 36.5 Å². The number of anilines is 1. The van der Waals surface area contributed by atoms with Crippen LogP contribution < -0.4 is 5.32 Å². The maximum absolute atomic E-state index is 12.0. The van der Waals surface area contributed by atoms with Crippen LogP contribution in [-0.4, -0.2) is 5.91 Å². The molecule has 0 bridgehead atoms. The van der Waals surface area contributed by atoms with Crippen LogP contribution in [0.4, 0.5) is 5.69 Å². The number of hydrogen-bond acceptors (Lipinski definition) is 1. The Balaban J connectivity index is 1.89. The number of carbonyl (C=O) groups excluding carboxylic acids is 1. The summed E-state index contributed by atoms with van der Waals surface area (Å²) in [5.74, 6) is 0.0562. The van der Waals surface area contributed by atoms with Gasteiger partial charge in [0, 0.05) is 5.69 Å². The molecular formula is C16H15NO. The average Bonchev–Trinajstić information content (AvgIpc) is 2.69. The van der Waals surface area contributed by atoms with E-state index in [4.69, 9.17) is 0 Å². The van der Waals surface area contributed by atoms with E-state index in [1.165, 1.54) is 11.1 Å². The van der Waals surface area contributed by atoms with Crippen molar-refractivity contribution in [2.24, 2.45) is 0 Å². The van der Waals surface area contributed by atoms with Crippen molar-refractivity contribution in [2.75, 3.05) is 5.32 Å². The second-order valence-corrected chi connectivity index (χ2v) is 4.82. The van der Waals surface area contributed by atoms with E-state index in [0.717, 1.165) is 17.7 Å². The van der Waals surface area contributed by atoms with Crippen LogP contribution in [0, 0.1) is 6.92 Å². The number of hydrogen-bond donors (Lipinski definition) is 1. The number of nitrogens with one attached hydrogen (secondary N) is 1. The molecule has 1 heterocycles. The third-order valence-electron chi connectivity index (χ3n) is 3.47. The highest BCUT2D eigenvalue weighted by molar-refractivity contribution is 6.03. The van der Waals surface area contributed by atoms with E-state index in [9.17, 15) is 4.79 Å². The summed E-state index contributed by atoms with van der Waals surface area (Å²) >= 11 is 0. The smallest absolute Gasteiger partial charge is 0.232 e. The van der Waals surface area contributed by atoms with E-state index >= 15 is 0 Å². The van der Waals surface area contributed by atoms with Gasteiger partial charge in [0.1, 0.15) is 0 Å². The lowest BCUT2D eigenvalue weighted by Gasteiger charge is -2.09. The fourth-order valence-electron chi connectivity index (χ4n) is 2.44. The van der Waals surface area contributed by atoms with Gasteiger partial charge in [-0.3, -0.25) is 4.79 Å². The van der Waals surface area contributed by atoms with E-state index < -0.39 is 0 Å². The highest BCUT2D eigenvalue weighted by Gasteiger charge is 2.29. The van der Waals surface area contributed by atoms with Crippen LogP contribution >= 0.6 is 0 Å². The zero-order valence-corrected chi connectivity index (χ0v) is 10.3. The predicted molar refractivity (Wildman–Crippen MR) is 72.7 cm³/mol. The maximum Gasteiger partial charge on any atom is 0.232 e. The minimum absolute atomic E-state index is 0.0519. The number of rotatable bonds is 2. The van der Waals surface area contributed by atoms with Gasteiger partial charge in [0.25, 0.3) is 0 Å². The maximum atomic E-state index is 12.0. The summed E-state index contributed by atoms with van der Waals surface area (Å²) in [7, 11) is 0. The van der Waals surface area contributed by atoms with Gasteiger partial charge in [-0.15, -0.1) is 0 Å². The minimum Gasteiger partial charge on any atom is -0.325 e. The molecule has 1 aliphatic rings. The molecule has 0 aromatic heterocycles. The number of carbonyl (C=O) groups is 1. The Morgan fingerprint density at radius 1 is 1.06 bits per heavy atom. The van der Waals surface area contributed by atoms with Gasteiger partial charge in [-0.25, -0.2) is 0 Å². The fraction of sp³-hybridized carbons (Fsp3) is 0.188. The number of para-hydroxylation sites is 1. The summed E-state index contributed by atoms with van der Waals surface area (Å²) in [4.78, 5) is 12.0. The van der Waals surface area contributed by atoms with Crippen molar-refractivity contribution in [3.05, 3.63) is 65.2 Å². The van der Waals surface area contributed by atoms with Crippen molar-refractivity contribution in [1.29, 1.82) is 0 Å². The standard InChI is InChI=1S/C16H15NO/c1-11-6-8-12(9-7-11)10-14-13-4-2-3-5-15(13)17-16(14)18/h2-9,14H,10H2,1H3,(H,17,18)/t14-/m1/s1. The van der Waals surface area contributed by atoms with Crippen LogP contribution in [-0.2, 0) is 11.2 Å². The first kappa shape index (κ1) is 11.0. The van der Waals surface area contributed by atoms with Crippen molar-refractivity contribution < 1.29 is 4.79 Å². The molecule has 0 saturated carbocycles. The third-order valence-corrected chi connectivity index (χ3v) is 3.47. The van der Waals surface area contributed by atoms with Crippen LogP contribution in [0.5, 0.6) is 0 Å². The largest absolute Gasteiger partial charge is 0.325 e. The SMILES string of the molecule is Cc1ccc(C[C@H]2C(=O)Nc3ccccc32)cc1. The molecular weight excluding hydrogens is 222 g/mol. The molecule has 90 valence electrons. The van der Waals surface area contributed by atoms with Crippen molar-refractivity contribution in [3.63, 3.8) is 0 Å². The molecule has 0 unspecified atom stereocenters. The Morgan fingerprint density at radius 2 is 1.78 bits per heavy atom. The summed E-state index contributed by atoms with van der Waals surface area (Å²) in [6, 6.07) is 16.3. The lowest BCUT2D eigenvalue weighted by atomic mass is 9.93. The quantitative estimate of drug-likeness (QED) is 0.853. The molecule has 2 aromatic rings. The van der Waals surface area contributed by atoms with Gasteiger partial charge in [0.2, 0.25) is 5.91 Å². The number of amides is 1. The average molecular weight is 237 g/mol. The number of aryl methyl sites for hydroxylation is 1. The van der Waals surface area contributed by atoms with Gasteiger partial charge in [0.05, 0.1) is 5.92 Å². The fourth-order valence-corrected chi connectivity index (χ4v) is 2.44. The highest BCUT2D eigenvalue weighted by Crippen LogP contribution is 2.34. The number of benzene rings is 2. The highest BCUT2D eigenvalue weighted by atomic mass is 16.2. The van der Waals surface area contributed by atoms with Gasteiger partial charge in [-0.2, -0.15) is 0 Å². The Morgan fingerprint density at radius 3 is 2.56 bits per heavy atom. The van der Waals surface area contributed by atoms with Gasteiger partial charge < -0.3 is 5.32 Å². The molecule has 0 spiro atoms. The van der Waals surface area contributed by atoms with Crippen LogP contribution in [0.25, 0.3) is 0 Å². The second-order valence-electron chi connectivity index (χ2n) is 4.82. The molecule has 1 amide bonds. The van der Waals surface area contributed by atoms with Crippen LogP contribution in [0.2, 0.25) is 0 Å². The summed E-state index contributed by atoms with van der Waals surface area (Å²) in [6.07, 6.45) is 0.767. The molecule has 1 aliphatic heterocycles. The molecule has 1 atom stereocenters. The summed E-state index contributed by atoms with van der Waals surface area (Å²) in [6.45, 7) is 2.07. The van der Waals surface area contributed by atoms with Gasteiger partial charge in [0.15, 0.2) is 0 Å². The van der Waals surface area contributed by atoms with Crippen molar-refractivity contribution in [2.45, 2.75) is 19.3 Å². The predicted octanol–water partition coefficient (Wildman–Crippen LogP) is 3.27. The molecule has 18 heavy (non-hydrogen) atoms. The first-order valence-corrected chi connectivity index (χ1v) is 6.19. The topological polar surface area (TPSA) is 29.1 Å².